The van der Waals surface area contributed by atoms with Crippen LogP contribution < -0.4 is 5.43 Å². The van der Waals surface area contributed by atoms with E-state index in [1.165, 1.54) is 11.8 Å². The minimum Gasteiger partial charge on any atom is -0.256 e. The fourth-order valence-electron chi connectivity index (χ4n) is 2.29. The monoisotopic (exact) mass is 309 g/mol. The largest absolute Gasteiger partial charge is 0.256 e. The zero-order chi connectivity index (χ0) is 14.2. The number of sulfone groups is 1. The Morgan fingerprint density at radius 2 is 2.10 bits per heavy atom. The number of hydrogen-bond acceptors (Lipinski definition) is 6. The molecule has 0 radical (unpaired) electrons. The van der Waals surface area contributed by atoms with Gasteiger partial charge in [-0.3, -0.25) is 10.4 Å². The molecule has 0 amide bonds. The minimum absolute atomic E-state index is 0.0507. The van der Waals surface area contributed by atoms with Crippen molar-refractivity contribution in [3.8, 4) is 0 Å². The molecule has 1 N–H and O–H groups in total. The second-order valence-corrected chi connectivity index (χ2v) is 8.29. The van der Waals surface area contributed by atoms with Crippen molar-refractivity contribution in [2.24, 2.45) is 10.1 Å². The summed E-state index contributed by atoms with van der Waals surface area (Å²) in [4.78, 5) is 4.39. The number of hydrazone groups is 1. The summed E-state index contributed by atoms with van der Waals surface area (Å²) in [5.41, 5.74) is 4.86. The number of amidine groups is 1. The third kappa shape index (κ3) is 2.88. The molecule has 1 aromatic carbocycles. The van der Waals surface area contributed by atoms with E-state index in [4.69, 9.17) is 0 Å². The Labute approximate surface area is 122 Å². The maximum atomic E-state index is 11.5. The van der Waals surface area contributed by atoms with E-state index in [2.05, 4.69) is 15.5 Å². The van der Waals surface area contributed by atoms with E-state index in [9.17, 15) is 8.42 Å². The van der Waals surface area contributed by atoms with Crippen LogP contribution in [0.25, 0.3) is 0 Å². The Kier molecular flexibility index (Phi) is 3.55. The summed E-state index contributed by atoms with van der Waals surface area (Å²) in [5, 5.41) is 5.07. The number of nitrogens with one attached hydrogen (secondary N) is 1. The maximum Gasteiger partial charge on any atom is 0.177 e. The van der Waals surface area contributed by atoms with Crippen molar-refractivity contribution < 1.29 is 8.42 Å². The lowest BCUT2D eigenvalue weighted by molar-refractivity contribution is 0.601. The third-order valence-corrected chi connectivity index (χ3v) is 6.46. The van der Waals surface area contributed by atoms with Gasteiger partial charge in [-0.05, 0) is 12.5 Å². The summed E-state index contributed by atoms with van der Waals surface area (Å²) in [5.74, 6) is 0.385. The molecule has 2 aliphatic rings. The van der Waals surface area contributed by atoms with Gasteiger partial charge in [0, 0.05) is 5.25 Å². The van der Waals surface area contributed by atoms with Gasteiger partial charge in [-0.1, -0.05) is 42.1 Å². The normalized spacial score (nSPS) is 28.1. The maximum absolute atomic E-state index is 11.5. The Morgan fingerprint density at radius 3 is 2.80 bits per heavy atom. The van der Waals surface area contributed by atoms with Gasteiger partial charge in [-0.25, -0.2) is 8.42 Å². The van der Waals surface area contributed by atoms with Crippen molar-refractivity contribution >= 4 is 32.5 Å². The third-order valence-electron chi connectivity index (χ3n) is 3.33. The van der Waals surface area contributed by atoms with Crippen LogP contribution in [0.4, 0.5) is 0 Å². The van der Waals surface area contributed by atoms with E-state index in [1.807, 2.05) is 37.3 Å². The molecule has 2 heterocycles. The van der Waals surface area contributed by atoms with E-state index in [0.29, 0.717) is 5.17 Å². The first kappa shape index (κ1) is 13.6. The average Bonchev–Trinajstić information content (AvgIpc) is 2.90. The SMILES string of the molecule is C/C(=N/NC1=N[C@H]2CS(=O)(=O)C[C@@H]2S1)c1ccccc1. The van der Waals surface area contributed by atoms with Gasteiger partial charge in [0.05, 0.1) is 23.3 Å². The van der Waals surface area contributed by atoms with Crippen molar-refractivity contribution in [1.29, 1.82) is 0 Å². The number of fused-ring (bicyclic) bond motifs is 1. The fourth-order valence-corrected chi connectivity index (χ4v) is 5.88. The number of benzene rings is 1. The Balaban J connectivity index is 1.66. The predicted molar refractivity (Wildman–Crippen MR) is 83.0 cm³/mol. The van der Waals surface area contributed by atoms with E-state index < -0.39 is 9.84 Å². The summed E-state index contributed by atoms with van der Waals surface area (Å²) < 4.78 is 22.9. The van der Waals surface area contributed by atoms with Crippen molar-refractivity contribution in [1.82, 2.24) is 5.43 Å². The topological polar surface area (TPSA) is 70.9 Å². The zero-order valence-electron chi connectivity index (χ0n) is 11.0. The van der Waals surface area contributed by atoms with Crippen molar-refractivity contribution in [3.63, 3.8) is 0 Å². The van der Waals surface area contributed by atoms with Crippen LogP contribution in [-0.4, -0.2) is 42.1 Å². The molecule has 0 bridgehead atoms. The first-order valence-electron chi connectivity index (χ1n) is 6.34. The van der Waals surface area contributed by atoms with Gasteiger partial charge in [-0.15, -0.1) is 0 Å². The van der Waals surface area contributed by atoms with E-state index in [1.54, 1.807) is 0 Å². The number of rotatable bonds is 2. The molecule has 0 saturated carbocycles. The van der Waals surface area contributed by atoms with Crippen LogP contribution in [0.2, 0.25) is 0 Å². The van der Waals surface area contributed by atoms with Gasteiger partial charge in [0.15, 0.2) is 15.0 Å². The predicted octanol–water partition coefficient (Wildman–Crippen LogP) is 1.27. The zero-order valence-corrected chi connectivity index (χ0v) is 12.6. The van der Waals surface area contributed by atoms with Crippen LogP contribution in [0.5, 0.6) is 0 Å². The lowest BCUT2D eigenvalue weighted by atomic mass is 10.1. The Morgan fingerprint density at radius 1 is 1.35 bits per heavy atom. The van der Waals surface area contributed by atoms with Crippen LogP contribution in [0.1, 0.15) is 12.5 Å². The van der Waals surface area contributed by atoms with Crippen LogP contribution >= 0.6 is 11.8 Å². The standard InChI is InChI=1S/C13H15N3O2S2/c1-9(10-5-3-2-4-6-10)15-16-13-14-11-7-20(17,18)8-12(11)19-13/h2-6,11-12H,7-8H2,1H3,(H,14,16)/b15-9-/t11-,12-/m0/s1. The summed E-state index contributed by atoms with van der Waals surface area (Å²) in [6.45, 7) is 1.92. The summed E-state index contributed by atoms with van der Waals surface area (Å²) in [7, 11) is -2.89. The summed E-state index contributed by atoms with van der Waals surface area (Å²) in [6, 6.07) is 9.76. The number of nitrogens with zero attached hydrogens (tertiary/aromatic N) is 2. The molecule has 3 rings (SSSR count). The molecular weight excluding hydrogens is 294 g/mol. The molecule has 1 aromatic rings. The first-order valence-corrected chi connectivity index (χ1v) is 9.04. The van der Waals surface area contributed by atoms with Gasteiger partial charge in [0.25, 0.3) is 0 Å². The quantitative estimate of drug-likeness (QED) is 0.660. The minimum atomic E-state index is -2.89. The smallest absolute Gasteiger partial charge is 0.177 e. The van der Waals surface area contributed by atoms with Gasteiger partial charge in [0.2, 0.25) is 0 Å². The van der Waals surface area contributed by atoms with E-state index >= 15 is 0 Å². The molecule has 1 fully saturated rings. The van der Waals surface area contributed by atoms with Crippen molar-refractivity contribution in [2.45, 2.75) is 18.2 Å². The number of hydrogen-bond donors (Lipinski definition) is 1. The van der Waals surface area contributed by atoms with Gasteiger partial charge in [0.1, 0.15) is 0 Å². The molecule has 1 saturated heterocycles. The highest BCUT2D eigenvalue weighted by Crippen LogP contribution is 2.33. The second kappa shape index (κ2) is 5.21. The second-order valence-electron chi connectivity index (χ2n) is 4.91. The molecule has 0 spiro atoms. The van der Waals surface area contributed by atoms with Crippen LogP contribution in [0.15, 0.2) is 40.4 Å². The van der Waals surface area contributed by atoms with Crippen molar-refractivity contribution in [3.05, 3.63) is 35.9 Å². The lowest BCUT2D eigenvalue weighted by Gasteiger charge is -2.04. The average molecular weight is 309 g/mol. The van der Waals surface area contributed by atoms with Crippen molar-refractivity contribution in [2.75, 3.05) is 11.5 Å². The highest BCUT2D eigenvalue weighted by atomic mass is 32.2. The van der Waals surface area contributed by atoms with Crippen LogP contribution in [0, 0.1) is 0 Å². The Hall–Kier alpha value is -1.34. The molecule has 0 unspecified atom stereocenters. The summed E-state index contributed by atoms with van der Waals surface area (Å²) >= 11 is 1.47. The first-order chi connectivity index (χ1) is 9.53. The van der Waals surface area contributed by atoms with Gasteiger partial charge < -0.3 is 0 Å². The molecule has 5 nitrogen and oxygen atoms in total. The molecule has 0 aliphatic carbocycles. The molecule has 0 aromatic heterocycles. The molecular formula is C13H15N3O2S2. The van der Waals surface area contributed by atoms with Crippen LogP contribution in [-0.2, 0) is 9.84 Å². The molecule has 7 heteroatoms. The fraction of sp³-hybridized carbons (Fsp3) is 0.385. The number of thioether (sulfide) groups is 1. The highest BCUT2D eigenvalue weighted by molar-refractivity contribution is 8.15. The van der Waals surface area contributed by atoms with Crippen LogP contribution in [0.3, 0.4) is 0 Å². The Bertz CT molecular complexity index is 668. The van der Waals surface area contributed by atoms with Gasteiger partial charge in [-0.2, -0.15) is 5.10 Å². The lowest BCUT2D eigenvalue weighted by Crippen LogP contribution is -2.17. The molecule has 106 valence electrons. The molecule has 2 atom stereocenters. The molecule has 2 aliphatic heterocycles. The van der Waals surface area contributed by atoms with Gasteiger partial charge >= 0.3 is 0 Å². The number of aliphatic imine (C=N–C) groups is 1. The highest BCUT2D eigenvalue weighted by Gasteiger charge is 2.42. The van der Waals surface area contributed by atoms with E-state index in [-0.39, 0.29) is 22.8 Å². The molecule has 20 heavy (non-hydrogen) atoms. The summed E-state index contributed by atoms with van der Waals surface area (Å²) in [6.07, 6.45) is 0. The van der Waals surface area contributed by atoms with E-state index in [0.717, 1.165) is 11.3 Å².